The van der Waals surface area contributed by atoms with Gasteiger partial charge in [0.25, 0.3) is 0 Å². The van der Waals surface area contributed by atoms with E-state index in [2.05, 4.69) is 0 Å². The van der Waals surface area contributed by atoms with Gasteiger partial charge in [0.15, 0.2) is 0 Å². The highest BCUT2D eigenvalue weighted by Gasteiger charge is 2.01. The first-order chi connectivity index (χ1) is 6.74. The van der Waals surface area contributed by atoms with E-state index in [4.69, 9.17) is 15.2 Å². The van der Waals surface area contributed by atoms with Gasteiger partial charge in [-0.15, -0.1) is 0 Å². The number of benzene rings is 1. The third-order valence-corrected chi connectivity index (χ3v) is 1.83. The second-order valence-corrected chi connectivity index (χ2v) is 3.30. The molecule has 0 heterocycles. The Labute approximate surface area is 84.8 Å². The minimum Gasteiger partial charge on any atom is -0.496 e. The van der Waals surface area contributed by atoms with E-state index in [1.54, 1.807) is 7.11 Å². The second kappa shape index (κ2) is 5.62. The van der Waals surface area contributed by atoms with E-state index in [1.165, 1.54) is 0 Å². The van der Waals surface area contributed by atoms with Crippen LogP contribution in [0.15, 0.2) is 24.3 Å². The Morgan fingerprint density at radius 1 is 1.36 bits per heavy atom. The molecule has 0 bridgehead atoms. The van der Waals surface area contributed by atoms with E-state index in [9.17, 15) is 0 Å². The predicted octanol–water partition coefficient (Wildman–Crippen LogP) is 1.56. The standard InChI is InChI=1S/C11H17NO2/c1-9(12)7-14-8-10-5-3-4-6-11(10)13-2/h3-6,9H,7-8,12H2,1-2H3/t9-/m0/s1. The largest absolute Gasteiger partial charge is 0.496 e. The molecular weight excluding hydrogens is 178 g/mol. The fraction of sp³-hybridized carbons (Fsp3) is 0.455. The first-order valence-corrected chi connectivity index (χ1v) is 4.69. The average molecular weight is 195 g/mol. The molecule has 0 saturated carbocycles. The van der Waals surface area contributed by atoms with Crippen LogP contribution in [0.1, 0.15) is 12.5 Å². The maximum Gasteiger partial charge on any atom is 0.124 e. The zero-order valence-electron chi connectivity index (χ0n) is 8.69. The highest BCUT2D eigenvalue weighted by atomic mass is 16.5. The van der Waals surface area contributed by atoms with Crippen LogP contribution in [0.25, 0.3) is 0 Å². The van der Waals surface area contributed by atoms with Gasteiger partial charge in [0.1, 0.15) is 5.75 Å². The topological polar surface area (TPSA) is 44.5 Å². The molecule has 0 aliphatic carbocycles. The van der Waals surface area contributed by atoms with Gasteiger partial charge in [0.05, 0.1) is 20.3 Å². The van der Waals surface area contributed by atoms with E-state index in [0.29, 0.717) is 13.2 Å². The minimum atomic E-state index is 0.0738. The Kier molecular flexibility index (Phi) is 4.43. The summed E-state index contributed by atoms with van der Waals surface area (Å²) in [5.41, 5.74) is 6.62. The molecule has 1 aromatic carbocycles. The number of methoxy groups -OCH3 is 1. The molecule has 0 unspecified atom stereocenters. The molecule has 0 aliphatic rings. The van der Waals surface area contributed by atoms with Gasteiger partial charge in [0, 0.05) is 11.6 Å². The molecule has 3 heteroatoms. The van der Waals surface area contributed by atoms with Gasteiger partial charge in [-0.05, 0) is 13.0 Å². The van der Waals surface area contributed by atoms with Gasteiger partial charge in [-0.3, -0.25) is 0 Å². The molecule has 14 heavy (non-hydrogen) atoms. The van der Waals surface area contributed by atoms with Crippen molar-refractivity contribution in [3.63, 3.8) is 0 Å². The lowest BCUT2D eigenvalue weighted by molar-refractivity contribution is 0.110. The summed E-state index contributed by atoms with van der Waals surface area (Å²) in [5, 5.41) is 0. The van der Waals surface area contributed by atoms with Crippen LogP contribution in [0.5, 0.6) is 5.75 Å². The van der Waals surface area contributed by atoms with Gasteiger partial charge >= 0.3 is 0 Å². The van der Waals surface area contributed by atoms with Crippen LogP contribution in [0.4, 0.5) is 0 Å². The zero-order chi connectivity index (χ0) is 10.4. The normalized spacial score (nSPS) is 12.5. The van der Waals surface area contributed by atoms with Crippen molar-refractivity contribution in [3.05, 3.63) is 29.8 Å². The minimum absolute atomic E-state index is 0.0738. The zero-order valence-corrected chi connectivity index (χ0v) is 8.69. The van der Waals surface area contributed by atoms with Crippen molar-refractivity contribution < 1.29 is 9.47 Å². The molecule has 0 aliphatic heterocycles. The highest BCUT2D eigenvalue weighted by molar-refractivity contribution is 5.32. The Morgan fingerprint density at radius 2 is 2.07 bits per heavy atom. The van der Waals surface area contributed by atoms with Crippen LogP contribution < -0.4 is 10.5 Å². The summed E-state index contributed by atoms with van der Waals surface area (Å²) < 4.78 is 10.6. The summed E-state index contributed by atoms with van der Waals surface area (Å²) in [6.45, 7) is 3.03. The summed E-state index contributed by atoms with van der Waals surface area (Å²) in [6.07, 6.45) is 0. The molecule has 1 rings (SSSR count). The Morgan fingerprint density at radius 3 is 2.71 bits per heavy atom. The molecule has 0 radical (unpaired) electrons. The lowest BCUT2D eigenvalue weighted by atomic mass is 10.2. The van der Waals surface area contributed by atoms with Crippen LogP contribution in [0, 0.1) is 0 Å². The molecular formula is C11H17NO2. The van der Waals surface area contributed by atoms with Crippen molar-refractivity contribution >= 4 is 0 Å². The van der Waals surface area contributed by atoms with Crippen molar-refractivity contribution in [1.29, 1.82) is 0 Å². The maximum absolute atomic E-state index is 5.57. The van der Waals surface area contributed by atoms with Crippen LogP contribution in [0.3, 0.4) is 0 Å². The SMILES string of the molecule is COc1ccccc1COC[C@H](C)N. The van der Waals surface area contributed by atoms with Crippen LogP contribution in [-0.4, -0.2) is 19.8 Å². The van der Waals surface area contributed by atoms with Crippen molar-refractivity contribution in [2.24, 2.45) is 5.73 Å². The molecule has 0 fully saturated rings. The number of hydrogen-bond donors (Lipinski definition) is 1. The average Bonchev–Trinajstić information content (AvgIpc) is 2.18. The molecule has 0 spiro atoms. The Hall–Kier alpha value is -1.06. The second-order valence-electron chi connectivity index (χ2n) is 3.30. The lowest BCUT2D eigenvalue weighted by Crippen LogP contribution is -2.21. The van der Waals surface area contributed by atoms with E-state index < -0.39 is 0 Å². The van der Waals surface area contributed by atoms with Crippen molar-refractivity contribution in [2.45, 2.75) is 19.6 Å². The first kappa shape index (κ1) is 11.0. The van der Waals surface area contributed by atoms with Crippen molar-refractivity contribution in [2.75, 3.05) is 13.7 Å². The van der Waals surface area contributed by atoms with E-state index in [0.717, 1.165) is 11.3 Å². The number of ether oxygens (including phenoxy) is 2. The van der Waals surface area contributed by atoms with Gasteiger partial charge in [-0.1, -0.05) is 18.2 Å². The van der Waals surface area contributed by atoms with E-state index >= 15 is 0 Å². The van der Waals surface area contributed by atoms with Gasteiger partial charge in [-0.25, -0.2) is 0 Å². The molecule has 1 aromatic rings. The molecule has 0 aromatic heterocycles. The molecule has 1 atom stereocenters. The van der Waals surface area contributed by atoms with E-state index in [-0.39, 0.29) is 6.04 Å². The van der Waals surface area contributed by atoms with Crippen molar-refractivity contribution in [1.82, 2.24) is 0 Å². The van der Waals surface area contributed by atoms with Crippen molar-refractivity contribution in [3.8, 4) is 5.75 Å². The molecule has 2 N–H and O–H groups in total. The molecule has 3 nitrogen and oxygen atoms in total. The number of nitrogens with two attached hydrogens (primary N) is 1. The summed E-state index contributed by atoms with van der Waals surface area (Å²) in [5.74, 6) is 0.858. The van der Waals surface area contributed by atoms with E-state index in [1.807, 2.05) is 31.2 Å². The fourth-order valence-electron chi connectivity index (χ4n) is 1.18. The summed E-state index contributed by atoms with van der Waals surface area (Å²) in [4.78, 5) is 0. The monoisotopic (exact) mass is 195 g/mol. The number of hydrogen-bond acceptors (Lipinski definition) is 3. The third kappa shape index (κ3) is 3.36. The number of rotatable bonds is 5. The Balaban J connectivity index is 2.49. The Bertz CT molecular complexity index is 274. The first-order valence-electron chi connectivity index (χ1n) is 4.69. The quantitative estimate of drug-likeness (QED) is 0.775. The van der Waals surface area contributed by atoms with Gasteiger partial charge in [-0.2, -0.15) is 0 Å². The lowest BCUT2D eigenvalue weighted by Gasteiger charge is -2.10. The smallest absolute Gasteiger partial charge is 0.124 e. The van der Waals surface area contributed by atoms with Gasteiger partial charge in [0.2, 0.25) is 0 Å². The molecule has 0 saturated heterocycles. The summed E-state index contributed by atoms with van der Waals surface area (Å²) in [6, 6.07) is 7.88. The summed E-state index contributed by atoms with van der Waals surface area (Å²) >= 11 is 0. The highest BCUT2D eigenvalue weighted by Crippen LogP contribution is 2.17. The fourth-order valence-corrected chi connectivity index (χ4v) is 1.18. The molecule has 0 amide bonds. The van der Waals surface area contributed by atoms with Crippen LogP contribution in [0.2, 0.25) is 0 Å². The van der Waals surface area contributed by atoms with Crippen LogP contribution >= 0.6 is 0 Å². The maximum atomic E-state index is 5.57. The number of para-hydroxylation sites is 1. The van der Waals surface area contributed by atoms with Crippen LogP contribution in [-0.2, 0) is 11.3 Å². The summed E-state index contributed by atoms with van der Waals surface area (Å²) in [7, 11) is 1.66. The van der Waals surface area contributed by atoms with Gasteiger partial charge < -0.3 is 15.2 Å². The molecule has 78 valence electrons. The predicted molar refractivity (Wildman–Crippen MR) is 56.3 cm³/mol. The third-order valence-electron chi connectivity index (χ3n) is 1.83.